The highest BCUT2D eigenvalue weighted by Crippen LogP contribution is 2.29. The van der Waals surface area contributed by atoms with E-state index in [4.69, 9.17) is 5.73 Å². The van der Waals surface area contributed by atoms with Gasteiger partial charge in [0.1, 0.15) is 0 Å². The molecular formula is C14H16N4S2. The molecule has 0 spiro atoms. The summed E-state index contributed by atoms with van der Waals surface area (Å²) in [5.41, 5.74) is 9.91. The number of anilines is 2. The molecule has 1 aromatic carbocycles. The third-order valence-electron chi connectivity index (χ3n) is 2.99. The molecule has 0 aliphatic rings. The molecule has 3 aromatic rings. The summed E-state index contributed by atoms with van der Waals surface area (Å²) in [5, 5.41) is 7.67. The molecule has 2 heterocycles. The van der Waals surface area contributed by atoms with Gasteiger partial charge in [-0.25, -0.2) is 9.97 Å². The van der Waals surface area contributed by atoms with Gasteiger partial charge in [0.2, 0.25) is 0 Å². The summed E-state index contributed by atoms with van der Waals surface area (Å²) in [6, 6.07) is 4.02. The van der Waals surface area contributed by atoms with Crippen molar-refractivity contribution in [2.75, 3.05) is 17.6 Å². The Balaban J connectivity index is 1.71. The third-order valence-corrected chi connectivity index (χ3v) is 4.95. The van der Waals surface area contributed by atoms with E-state index in [-0.39, 0.29) is 0 Å². The van der Waals surface area contributed by atoms with E-state index in [1.165, 1.54) is 0 Å². The monoisotopic (exact) mass is 304 g/mol. The average molecular weight is 304 g/mol. The van der Waals surface area contributed by atoms with Crippen molar-refractivity contribution in [3.8, 4) is 0 Å². The van der Waals surface area contributed by atoms with Crippen molar-refractivity contribution in [1.82, 2.24) is 9.97 Å². The molecule has 6 heteroatoms. The molecular weight excluding hydrogens is 288 g/mol. The molecule has 3 N–H and O–H groups in total. The van der Waals surface area contributed by atoms with Gasteiger partial charge in [-0.15, -0.1) is 22.7 Å². The van der Waals surface area contributed by atoms with E-state index in [0.717, 1.165) is 50.3 Å². The fraction of sp³-hybridized carbons (Fsp3) is 0.286. The molecule has 0 aliphatic heterocycles. The zero-order valence-corrected chi connectivity index (χ0v) is 13.1. The molecule has 0 unspecified atom stereocenters. The normalized spacial score (nSPS) is 11.1. The molecule has 3 rings (SSSR count). The van der Waals surface area contributed by atoms with Crippen molar-refractivity contribution in [3.63, 3.8) is 0 Å². The van der Waals surface area contributed by atoms with Crippen LogP contribution in [0, 0.1) is 13.8 Å². The van der Waals surface area contributed by atoms with Crippen LogP contribution >= 0.6 is 22.7 Å². The van der Waals surface area contributed by atoms with Gasteiger partial charge >= 0.3 is 0 Å². The number of benzene rings is 1. The molecule has 4 nitrogen and oxygen atoms in total. The van der Waals surface area contributed by atoms with E-state index in [2.05, 4.69) is 20.7 Å². The van der Waals surface area contributed by atoms with Crippen LogP contribution in [-0.2, 0) is 6.42 Å². The highest BCUT2D eigenvalue weighted by Gasteiger charge is 2.06. The SMILES string of the molecule is Cc1csc(CCNc2cc3nc(C)sc3cc2N)n1. The van der Waals surface area contributed by atoms with E-state index < -0.39 is 0 Å². The maximum atomic E-state index is 6.08. The van der Waals surface area contributed by atoms with Crippen molar-refractivity contribution < 1.29 is 0 Å². The van der Waals surface area contributed by atoms with Crippen molar-refractivity contribution in [2.24, 2.45) is 0 Å². The Bertz CT molecular complexity index is 745. The van der Waals surface area contributed by atoms with Crippen LogP contribution in [0.3, 0.4) is 0 Å². The van der Waals surface area contributed by atoms with Gasteiger partial charge in [-0.1, -0.05) is 0 Å². The molecule has 0 saturated carbocycles. The van der Waals surface area contributed by atoms with Crippen molar-refractivity contribution in [1.29, 1.82) is 0 Å². The second-order valence-corrected chi connectivity index (χ2v) is 6.88. The molecule has 0 bridgehead atoms. The summed E-state index contributed by atoms with van der Waals surface area (Å²) >= 11 is 3.37. The standard InChI is InChI=1S/C14H16N4S2/c1-8-7-19-14(17-8)3-4-16-11-6-12-13(5-10(11)15)20-9(2)18-12/h5-7,16H,3-4,15H2,1-2H3. The number of aryl methyl sites for hydroxylation is 2. The lowest BCUT2D eigenvalue weighted by Crippen LogP contribution is -2.06. The predicted octanol–water partition coefficient (Wildman–Crippen LogP) is 3.61. The smallest absolute Gasteiger partial charge is 0.0945 e. The van der Waals surface area contributed by atoms with E-state index in [1.807, 2.05) is 26.0 Å². The number of thiazole rings is 2. The summed E-state index contributed by atoms with van der Waals surface area (Å²) in [6.07, 6.45) is 0.909. The molecule has 0 amide bonds. The number of nitrogens with one attached hydrogen (secondary N) is 1. The Hall–Kier alpha value is -1.66. The van der Waals surface area contributed by atoms with Gasteiger partial charge in [-0.2, -0.15) is 0 Å². The number of fused-ring (bicyclic) bond motifs is 1. The number of rotatable bonds is 4. The summed E-state index contributed by atoms with van der Waals surface area (Å²) < 4.78 is 1.14. The second kappa shape index (κ2) is 5.38. The minimum atomic E-state index is 0.775. The van der Waals surface area contributed by atoms with Crippen LogP contribution in [0.5, 0.6) is 0 Å². The number of hydrogen-bond acceptors (Lipinski definition) is 6. The number of nitrogens with zero attached hydrogens (tertiary/aromatic N) is 2. The lowest BCUT2D eigenvalue weighted by molar-refractivity contribution is 0.988. The van der Waals surface area contributed by atoms with Gasteiger partial charge in [0, 0.05) is 24.0 Å². The molecule has 0 aliphatic carbocycles. The Labute approximate surface area is 125 Å². The fourth-order valence-electron chi connectivity index (χ4n) is 2.08. The average Bonchev–Trinajstić information content (AvgIpc) is 2.95. The van der Waals surface area contributed by atoms with Gasteiger partial charge < -0.3 is 11.1 Å². The van der Waals surface area contributed by atoms with E-state index in [1.54, 1.807) is 22.7 Å². The molecule has 104 valence electrons. The third kappa shape index (κ3) is 2.76. The van der Waals surface area contributed by atoms with Gasteiger partial charge in [0.25, 0.3) is 0 Å². The Morgan fingerprint density at radius 3 is 2.85 bits per heavy atom. The maximum absolute atomic E-state index is 6.08. The first-order valence-corrected chi connectivity index (χ1v) is 8.13. The van der Waals surface area contributed by atoms with Crippen molar-refractivity contribution >= 4 is 44.3 Å². The maximum Gasteiger partial charge on any atom is 0.0945 e. The van der Waals surface area contributed by atoms with Crippen LogP contribution in [0.4, 0.5) is 11.4 Å². The zero-order valence-electron chi connectivity index (χ0n) is 11.4. The predicted molar refractivity (Wildman–Crippen MR) is 87.8 cm³/mol. The van der Waals surface area contributed by atoms with E-state index in [0.29, 0.717) is 0 Å². The van der Waals surface area contributed by atoms with E-state index in [9.17, 15) is 0 Å². The first kappa shape index (κ1) is 13.3. The highest BCUT2D eigenvalue weighted by molar-refractivity contribution is 7.18. The van der Waals surface area contributed by atoms with Gasteiger partial charge in [-0.3, -0.25) is 0 Å². The second-order valence-electron chi connectivity index (χ2n) is 4.70. The van der Waals surface area contributed by atoms with Crippen LogP contribution in [-0.4, -0.2) is 16.5 Å². The minimum Gasteiger partial charge on any atom is -0.397 e. The van der Waals surface area contributed by atoms with Crippen molar-refractivity contribution in [3.05, 3.63) is 33.2 Å². The van der Waals surface area contributed by atoms with Crippen molar-refractivity contribution in [2.45, 2.75) is 20.3 Å². The lowest BCUT2D eigenvalue weighted by Gasteiger charge is -2.08. The largest absolute Gasteiger partial charge is 0.397 e. The zero-order chi connectivity index (χ0) is 14.1. The minimum absolute atomic E-state index is 0.775. The van der Waals surface area contributed by atoms with E-state index >= 15 is 0 Å². The molecule has 2 aromatic heterocycles. The summed E-state index contributed by atoms with van der Waals surface area (Å²) in [4.78, 5) is 8.95. The van der Waals surface area contributed by atoms with Crippen LogP contribution in [0.1, 0.15) is 15.7 Å². The molecule has 0 atom stereocenters. The quantitative estimate of drug-likeness (QED) is 0.723. The Morgan fingerprint density at radius 1 is 1.25 bits per heavy atom. The summed E-state index contributed by atoms with van der Waals surface area (Å²) in [7, 11) is 0. The number of nitrogens with two attached hydrogens (primary N) is 1. The molecule has 0 fully saturated rings. The molecule has 20 heavy (non-hydrogen) atoms. The molecule has 0 radical (unpaired) electrons. The number of aromatic nitrogens is 2. The van der Waals surface area contributed by atoms with Gasteiger partial charge in [0.05, 0.1) is 31.6 Å². The first-order chi connectivity index (χ1) is 9.61. The number of nitrogen functional groups attached to an aromatic ring is 1. The fourth-order valence-corrected chi connectivity index (χ4v) is 3.71. The van der Waals surface area contributed by atoms with Crippen LogP contribution in [0.15, 0.2) is 17.5 Å². The van der Waals surface area contributed by atoms with Crippen LogP contribution < -0.4 is 11.1 Å². The molecule has 0 saturated heterocycles. The summed E-state index contributed by atoms with van der Waals surface area (Å²) in [5.74, 6) is 0. The van der Waals surface area contributed by atoms with Gasteiger partial charge in [-0.05, 0) is 26.0 Å². The van der Waals surface area contributed by atoms with Gasteiger partial charge in [0.15, 0.2) is 0 Å². The van der Waals surface area contributed by atoms with Crippen LogP contribution in [0.25, 0.3) is 10.2 Å². The Kier molecular flexibility index (Phi) is 3.58. The number of hydrogen-bond donors (Lipinski definition) is 2. The lowest BCUT2D eigenvalue weighted by atomic mass is 10.2. The topological polar surface area (TPSA) is 63.8 Å². The first-order valence-electron chi connectivity index (χ1n) is 6.43. The summed E-state index contributed by atoms with van der Waals surface area (Å²) in [6.45, 7) is 4.86. The highest BCUT2D eigenvalue weighted by atomic mass is 32.1. The Morgan fingerprint density at radius 2 is 2.10 bits per heavy atom. The van der Waals surface area contributed by atoms with Crippen LogP contribution in [0.2, 0.25) is 0 Å².